The first-order valence-electron chi connectivity index (χ1n) is 6.18. The Balaban J connectivity index is 1.93. The van der Waals surface area contributed by atoms with E-state index in [4.69, 9.17) is 0 Å². The Morgan fingerprint density at radius 2 is 1.94 bits per heavy atom. The first-order valence-corrected chi connectivity index (χ1v) is 7.57. The van der Waals surface area contributed by atoms with Crippen molar-refractivity contribution < 1.29 is 4.79 Å². The summed E-state index contributed by atoms with van der Waals surface area (Å²) in [4.78, 5) is 12.0. The van der Waals surface area contributed by atoms with Crippen molar-refractivity contribution in [3.05, 3.63) is 35.4 Å². The zero-order valence-corrected chi connectivity index (χ0v) is 11.1. The Bertz CT molecular complexity index is 368. The van der Waals surface area contributed by atoms with E-state index in [-0.39, 0.29) is 5.91 Å². The molecular weight excluding hydrogens is 230 g/mol. The minimum atomic E-state index is 0.0765. The van der Waals surface area contributed by atoms with Gasteiger partial charge in [-0.05, 0) is 36.8 Å². The van der Waals surface area contributed by atoms with E-state index < -0.39 is 0 Å². The van der Waals surface area contributed by atoms with Gasteiger partial charge >= 0.3 is 0 Å². The number of carbonyl (C=O) groups excluding carboxylic acids is 1. The quantitative estimate of drug-likeness (QED) is 0.887. The average Bonchev–Trinajstić information content (AvgIpc) is 2.83. The van der Waals surface area contributed by atoms with Gasteiger partial charge in [0.05, 0.1) is 0 Å². The van der Waals surface area contributed by atoms with E-state index in [2.05, 4.69) is 11.6 Å². The van der Waals surface area contributed by atoms with Crippen molar-refractivity contribution in [3.63, 3.8) is 0 Å². The minimum Gasteiger partial charge on any atom is -0.349 e. The minimum absolute atomic E-state index is 0.0765. The van der Waals surface area contributed by atoms with Crippen molar-refractivity contribution in [2.45, 2.75) is 37.5 Å². The van der Waals surface area contributed by atoms with Gasteiger partial charge in [0.25, 0.3) is 5.91 Å². The Kier molecular flexibility index (Phi) is 4.49. The second kappa shape index (κ2) is 6.10. The highest BCUT2D eigenvalue weighted by molar-refractivity contribution is 7.97. The molecule has 0 spiro atoms. The normalized spacial score (nSPS) is 16.1. The van der Waals surface area contributed by atoms with E-state index in [1.165, 1.54) is 18.4 Å². The number of nitrogens with one attached hydrogen (secondary N) is 1. The molecule has 17 heavy (non-hydrogen) atoms. The van der Waals surface area contributed by atoms with Crippen LogP contribution in [0, 0.1) is 0 Å². The Hall–Kier alpha value is -0.960. The van der Waals surface area contributed by atoms with Crippen molar-refractivity contribution in [2.24, 2.45) is 0 Å². The van der Waals surface area contributed by atoms with Crippen LogP contribution in [0.25, 0.3) is 0 Å². The summed E-state index contributed by atoms with van der Waals surface area (Å²) in [7, 11) is 0. The molecule has 0 atom stereocenters. The second-order valence-corrected chi connectivity index (χ2v) is 5.45. The fraction of sp³-hybridized carbons (Fsp3) is 0.500. The molecule has 1 N–H and O–H groups in total. The van der Waals surface area contributed by atoms with E-state index in [1.807, 2.05) is 24.3 Å². The summed E-state index contributed by atoms with van der Waals surface area (Å²) in [6, 6.07) is 8.33. The number of rotatable bonds is 4. The fourth-order valence-corrected chi connectivity index (χ4v) is 2.78. The monoisotopic (exact) mass is 249 g/mol. The predicted molar refractivity (Wildman–Crippen MR) is 73.4 cm³/mol. The predicted octanol–water partition coefficient (Wildman–Crippen LogP) is 3.22. The van der Waals surface area contributed by atoms with Crippen molar-refractivity contribution in [2.75, 3.05) is 6.26 Å². The smallest absolute Gasteiger partial charge is 0.251 e. The van der Waals surface area contributed by atoms with Crippen molar-refractivity contribution in [3.8, 4) is 0 Å². The van der Waals surface area contributed by atoms with E-state index in [9.17, 15) is 4.79 Å². The van der Waals surface area contributed by atoms with Gasteiger partial charge in [0, 0.05) is 17.4 Å². The van der Waals surface area contributed by atoms with Crippen LogP contribution in [0.15, 0.2) is 24.3 Å². The van der Waals surface area contributed by atoms with Crippen LogP contribution in [-0.4, -0.2) is 18.2 Å². The third-order valence-electron chi connectivity index (χ3n) is 3.22. The van der Waals surface area contributed by atoms with E-state index in [0.717, 1.165) is 24.2 Å². The highest BCUT2D eigenvalue weighted by Crippen LogP contribution is 2.18. The molecule has 0 heterocycles. The zero-order chi connectivity index (χ0) is 12.1. The first-order chi connectivity index (χ1) is 8.29. The molecule has 0 bridgehead atoms. The number of amides is 1. The van der Waals surface area contributed by atoms with Gasteiger partial charge in [-0.1, -0.05) is 25.0 Å². The van der Waals surface area contributed by atoms with Crippen LogP contribution in [-0.2, 0) is 5.75 Å². The number of hydrogen-bond acceptors (Lipinski definition) is 2. The standard InChI is InChI=1S/C14H19NOS/c1-17-10-11-6-8-12(9-7-11)14(16)15-13-4-2-3-5-13/h6-9,13H,2-5,10H2,1H3,(H,15,16). The van der Waals surface area contributed by atoms with Gasteiger partial charge < -0.3 is 5.32 Å². The molecule has 1 fully saturated rings. The molecule has 0 unspecified atom stereocenters. The van der Waals surface area contributed by atoms with E-state index >= 15 is 0 Å². The summed E-state index contributed by atoms with van der Waals surface area (Å²) in [6.07, 6.45) is 6.85. The SMILES string of the molecule is CSCc1ccc(C(=O)NC2CCCC2)cc1. The lowest BCUT2D eigenvalue weighted by Gasteiger charge is -2.11. The lowest BCUT2D eigenvalue weighted by Crippen LogP contribution is -2.32. The Labute approximate surface area is 107 Å². The van der Waals surface area contributed by atoms with E-state index in [0.29, 0.717) is 6.04 Å². The van der Waals surface area contributed by atoms with Gasteiger partial charge in [0.15, 0.2) is 0 Å². The van der Waals surface area contributed by atoms with Gasteiger partial charge in [0.1, 0.15) is 0 Å². The largest absolute Gasteiger partial charge is 0.349 e. The third kappa shape index (κ3) is 3.50. The summed E-state index contributed by atoms with van der Waals surface area (Å²) >= 11 is 1.79. The highest BCUT2D eigenvalue weighted by Gasteiger charge is 2.17. The molecule has 2 rings (SSSR count). The van der Waals surface area contributed by atoms with Crippen LogP contribution < -0.4 is 5.32 Å². The molecule has 2 nitrogen and oxygen atoms in total. The Morgan fingerprint density at radius 3 is 2.53 bits per heavy atom. The van der Waals surface area contributed by atoms with Crippen molar-refractivity contribution in [1.82, 2.24) is 5.32 Å². The summed E-state index contributed by atoms with van der Waals surface area (Å²) in [6.45, 7) is 0. The van der Waals surface area contributed by atoms with Gasteiger partial charge in [-0.25, -0.2) is 0 Å². The molecule has 1 saturated carbocycles. The summed E-state index contributed by atoms with van der Waals surface area (Å²) in [5.41, 5.74) is 2.05. The molecule has 1 aromatic rings. The van der Waals surface area contributed by atoms with Crippen LogP contribution in [0.1, 0.15) is 41.6 Å². The molecule has 0 saturated heterocycles. The maximum Gasteiger partial charge on any atom is 0.251 e. The number of hydrogen-bond donors (Lipinski definition) is 1. The van der Waals surface area contributed by atoms with Crippen LogP contribution in [0.5, 0.6) is 0 Å². The van der Waals surface area contributed by atoms with Crippen LogP contribution in [0.2, 0.25) is 0 Å². The Morgan fingerprint density at radius 1 is 1.29 bits per heavy atom. The highest BCUT2D eigenvalue weighted by atomic mass is 32.2. The van der Waals surface area contributed by atoms with Crippen molar-refractivity contribution in [1.29, 1.82) is 0 Å². The fourth-order valence-electron chi connectivity index (χ4n) is 2.26. The molecule has 0 radical (unpaired) electrons. The first kappa shape index (κ1) is 12.5. The molecule has 92 valence electrons. The third-order valence-corrected chi connectivity index (χ3v) is 3.84. The summed E-state index contributed by atoms with van der Waals surface area (Å²) in [5.74, 6) is 1.08. The lowest BCUT2D eigenvalue weighted by atomic mass is 10.1. The van der Waals surface area contributed by atoms with Gasteiger partial charge in [-0.2, -0.15) is 11.8 Å². The molecule has 1 aliphatic rings. The molecule has 1 aliphatic carbocycles. The molecule has 1 aromatic carbocycles. The van der Waals surface area contributed by atoms with Gasteiger partial charge in [-0.15, -0.1) is 0 Å². The maximum absolute atomic E-state index is 12.0. The van der Waals surface area contributed by atoms with Crippen LogP contribution >= 0.6 is 11.8 Å². The molecule has 1 amide bonds. The zero-order valence-electron chi connectivity index (χ0n) is 10.2. The number of benzene rings is 1. The number of thioether (sulfide) groups is 1. The lowest BCUT2D eigenvalue weighted by molar-refractivity contribution is 0.0938. The van der Waals surface area contributed by atoms with Gasteiger partial charge in [-0.3, -0.25) is 4.79 Å². The molecule has 0 aliphatic heterocycles. The molecule has 0 aromatic heterocycles. The van der Waals surface area contributed by atoms with Crippen molar-refractivity contribution >= 4 is 17.7 Å². The second-order valence-electron chi connectivity index (χ2n) is 4.58. The van der Waals surface area contributed by atoms with E-state index in [1.54, 1.807) is 11.8 Å². The number of carbonyl (C=O) groups is 1. The summed E-state index contributed by atoms with van der Waals surface area (Å²) < 4.78 is 0. The average molecular weight is 249 g/mol. The molecular formula is C14H19NOS. The van der Waals surface area contributed by atoms with Crippen LogP contribution in [0.4, 0.5) is 0 Å². The topological polar surface area (TPSA) is 29.1 Å². The summed E-state index contributed by atoms with van der Waals surface area (Å²) in [5, 5.41) is 3.10. The van der Waals surface area contributed by atoms with Gasteiger partial charge in [0.2, 0.25) is 0 Å². The van der Waals surface area contributed by atoms with Crippen LogP contribution in [0.3, 0.4) is 0 Å². The maximum atomic E-state index is 12.0. The molecule has 3 heteroatoms.